The van der Waals surface area contributed by atoms with E-state index in [9.17, 15) is 9.59 Å². The van der Waals surface area contributed by atoms with Crippen LogP contribution in [0.1, 0.15) is 53.5 Å². The average Bonchev–Trinajstić information content (AvgIpc) is 3.08. The highest BCUT2D eigenvalue weighted by atomic mass is 35.5. The summed E-state index contributed by atoms with van der Waals surface area (Å²) in [7, 11) is 0. The van der Waals surface area contributed by atoms with Crippen LogP contribution in [0.25, 0.3) is 0 Å². The number of halogens is 2. The Kier molecular flexibility index (Phi) is 6.60. The minimum absolute atomic E-state index is 0.0745. The van der Waals surface area contributed by atoms with Gasteiger partial charge in [-0.2, -0.15) is 0 Å². The first-order valence-corrected chi connectivity index (χ1v) is 8.77. The fourth-order valence-corrected chi connectivity index (χ4v) is 3.26. The third kappa shape index (κ3) is 4.06. The van der Waals surface area contributed by atoms with E-state index in [2.05, 4.69) is 9.69 Å². The molecule has 0 amide bonds. The van der Waals surface area contributed by atoms with Crippen LogP contribution in [0.5, 0.6) is 0 Å². The van der Waals surface area contributed by atoms with E-state index in [0.717, 1.165) is 17.8 Å². The molecule has 128 valence electrons. The van der Waals surface area contributed by atoms with E-state index >= 15 is 4.39 Å². The predicted octanol–water partition coefficient (Wildman–Crippen LogP) is 4.18. The minimum atomic E-state index is -0.626. The lowest BCUT2D eigenvalue weighted by Crippen LogP contribution is -2.31. The fourth-order valence-electron chi connectivity index (χ4n) is 2.49. The Balaban J connectivity index is 2.39. The molecule has 0 fully saturated rings. The van der Waals surface area contributed by atoms with E-state index < -0.39 is 11.6 Å². The molecule has 24 heavy (non-hydrogen) atoms. The standard InChI is InChI=1S/C17H18ClFN2O2S/c1-3-13(21-10(2)7-9-22)11-4-5-12(18)15(16(11)19)17(23)14-6-8-20-24-14/h4-6,8-10,13,21H,3,7H2,1-2H3/t10-,13+/m0/s1. The molecule has 7 heteroatoms. The van der Waals surface area contributed by atoms with Gasteiger partial charge < -0.3 is 10.1 Å². The fraction of sp³-hybridized carbons (Fsp3) is 0.353. The number of carbonyl (C=O) groups is 2. The Morgan fingerprint density at radius 1 is 1.46 bits per heavy atom. The van der Waals surface area contributed by atoms with E-state index in [1.165, 1.54) is 18.3 Å². The molecule has 2 rings (SSSR count). The summed E-state index contributed by atoms with van der Waals surface area (Å²) < 4.78 is 18.9. The van der Waals surface area contributed by atoms with Gasteiger partial charge in [-0.1, -0.05) is 24.6 Å². The SMILES string of the molecule is CC[C@@H](N[C@@H](C)CC=O)c1ccc(Cl)c(C(=O)c2ccns2)c1F. The monoisotopic (exact) mass is 368 g/mol. The van der Waals surface area contributed by atoms with Crippen molar-refractivity contribution in [2.75, 3.05) is 0 Å². The van der Waals surface area contributed by atoms with Crippen molar-refractivity contribution >= 4 is 35.2 Å². The van der Waals surface area contributed by atoms with E-state index in [0.29, 0.717) is 23.3 Å². The quantitative estimate of drug-likeness (QED) is 0.560. The lowest BCUT2D eigenvalue weighted by molar-refractivity contribution is -0.108. The van der Waals surface area contributed by atoms with Gasteiger partial charge in [0, 0.05) is 30.3 Å². The van der Waals surface area contributed by atoms with Crippen LogP contribution in [-0.4, -0.2) is 22.5 Å². The summed E-state index contributed by atoms with van der Waals surface area (Å²) in [5.74, 6) is -1.10. The Bertz CT molecular complexity index is 722. The number of nitrogens with zero attached hydrogens (tertiary/aromatic N) is 1. The zero-order valence-corrected chi connectivity index (χ0v) is 15.0. The topological polar surface area (TPSA) is 59.1 Å². The largest absolute Gasteiger partial charge is 0.307 e. The molecule has 1 N–H and O–H groups in total. The number of carbonyl (C=O) groups excluding carboxylic acids is 2. The molecular formula is C17H18ClFN2O2S. The Hall–Kier alpha value is -1.63. The summed E-state index contributed by atoms with van der Waals surface area (Å²) in [5.41, 5.74) is 0.231. The lowest BCUT2D eigenvalue weighted by atomic mass is 9.97. The van der Waals surface area contributed by atoms with Crippen LogP contribution in [0.4, 0.5) is 4.39 Å². The molecule has 0 unspecified atom stereocenters. The van der Waals surface area contributed by atoms with Crippen molar-refractivity contribution in [3.8, 4) is 0 Å². The van der Waals surface area contributed by atoms with E-state index in [-0.39, 0.29) is 22.7 Å². The number of ketones is 1. The van der Waals surface area contributed by atoms with Gasteiger partial charge in [0.2, 0.25) is 5.78 Å². The van der Waals surface area contributed by atoms with Crippen LogP contribution in [-0.2, 0) is 4.79 Å². The molecule has 0 spiro atoms. The molecule has 0 saturated heterocycles. The molecule has 1 aromatic heterocycles. The summed E-state index contributed by atoms with van der Waals surface area (Å²) in [6.45, 7) is 3.76. The van der Waals surface area contributed by atoms with Crippen molar-refractivity contribution in [1.29, 1.82) is 0 Å². The zero-order chi connectivity index (χ0) is 17.7. The molecular weight excluding hydrogens is 351 g/mol. The van der Waals surface area contributed by atoms with Crippen LogP contribution in [0.2, 0.25) is 5.02 Å². The smallest absolute Gasteiger partial charge is 0.209 e. The molecule has 0 aliphatic carbocycles. The zero-order valence-electron chi connectivity index (χ0n) is 13.4. The molecule has 0 saturated carbocycles. The Labute approximate surface area is 149 Å². The predicted molar refractivity (Wildman–Crippen MR) is 93.3 cm³/mol. The van der Waals surface area contributed by atoms with Gasteiger partial charge in [-0.05, 0) is 37.0 Å². The van der Waals surface area contributed by atoms with Crippen LogP contribution in [0, 0.1) is 5.82 Å². The highest BCUT2D eigenvalue weighted by Gasteiger charge is 2.25. The first kappa shape index (κ1) is 18.7. The van der Waals surface area contributed by atoms with Gasteiger partial charge in [-0.3, -0.25) is 4.79 Å². The van der Waals surface area contributed by atoms with E-state index in [1.807, 2.05) is 13.8 Å². The normalized spacial score (nSPS) is 13.5. The molecule has 0 radical (unpaired) electrons. The van der Waals surface area contributed by atoms with Gasteiger partial charge in [0.05, 0.1) is 15.5 Å². The Morgan fingerprint density at radius 2 is 2.21 bits per heavy atom. The van der Waals surface area contributed by atoms with Gasteiger partial charge in [-0.25, -0.2) is 8.76 Å². The number of benzene rings is 1. The van der Waals surface area contributed by atoms with Crippen molar-refractivity contribution in [2.45, 2.75) is 38.8 Å². The first-order chi connectivity index (χ1) is 11.5. The van der Waals surface area contributed by atoms with Crippen LogP contribution in [0.3, 0.4) is 0 Å². The van der Waals surface area contributed by atoms with E-state index in [1.54, 1.807) is 6.07 Å². The maximum atomic E-state index is 15.0. The summed E-state index contributed by atoms with van der Waals surface area (Å²) in [6.07, 6.45) is 3.25. The van der Waals surface area contributed by atoms with Gasteiger partial charge in [0.15, 0.2) is 0 Å². The van der Waals surface area contributed by atoms with Crippen molar-refractivity contribution < 1.29 is 14.0 Å². The van der Waals surface area contributed by atoms with E-state index in [4.69, 9.17) is 11.6 Å². The number of nitrogens with one attached hydrogen (secondary N) is 1. The highest BCUT2D eigenvalue weighted by molar-refractivity contribution is 7.08. The lowest BCUT2D eigenvalue weighted by Gasteiger charge is -2.23. The highest BCUT2D eigenvalue weighted by Crippen LogP contribution is 2.30. The van der Waals surface area contributed by atoms with Crippen molar-refractivity contribution in [1.82, 2.24) is 9.69 Å². The van der Waals surface area contributed by atoms with Crippen molar-refractivity contribution in [3.63, 3.8) is 0 Å². The second-order valence-electron chi connectivity index (χ2n) is 5.46. The summed E-state index contributed by atoms with van der Waals surface area (Å²) in [5, 5.41) is 3.28. The minimum Gasteiger partial charge on any atom is -0.307 e. The van der Waals surface area contributed by atoms with Crippen LogP contribution >= 0.6 is 23.1 Å². The molecule has 0 aliphatic rings. The summed E-state index contributed by atoms with van der Waals surface area (Å²) in [4.78, 5) is 23.5. The molecule has 4 nitrogen and oxygen atoms in total. The van der Waals surface area contributed by atoms with Crippen LogP contribution in [0.15, 0.2) is 24.4 Å². The number of aldehydes is 1. The molecule has 0 bridgehead atoms. The summed E-state index contributed by atoms with van der Waals surface area (Å²) in [6, 6.07) is 4.24. The number of hydrogen-bond acceptors (Lipinski definition) is 5. The van der Waals surface area contributed by atoms with Crippen molar-refractivity contribution in [3.05, 3.63) is 51.2 Å². The van der Waals surface area contributed by atoms with Crippen molar-refractivity contribution in [2.24, 2.45) is 0 Å². The molecule has 1 aromatic carbocycles. The maximum Gasteiger partial charge on any atom is 0.209 e. The van der Waals surface area contributed by atoms with Gasteiger partial charge in [0.1, 0.15) is 12.1 Å². The van der Waals surface area contributed by atoms with Crippen LogP contribution < -0.4 is 5.32 Å². The summed E-state index contributed by atoms with van der Waals surface area (Å²) >= 11 is 7.07. The average molecular weight is 369 g/mol. The third-order valence-electron chi connectivity index (χ3n) is 3.73. The second kappa shape index (κ2) is 8.46. The molecule has 2 atom stereocenters. The molecule has 2 aromatic rings. The molecule has 0 aliphatic heterocycles. The Morgan fingerprint density at radius 3 is 2.79 bits per heavy atom. The third-order valence-corrected chi connectivity index (χ3v) is 4.79. The van der Waals surface area contributed by atoms with Gasteiger partial charge in [0.25, 0.3) is 0 Å². The number of hydrogen-bond donors (Lipinski definition) is 1. The van der Waals surface area contributed by atoms with Gasteiger partial charge >= 0.3 is 0 Å². The maximum absolute atomic E-state index is 15.0. The molecule has 1 heterocycles. The second-order valence-corrected chi connectivity index (χ2v) is 6.70. The number of aromatic nitrogens is 1. The van der Waals surface area contributed by atoms with Gasteiger partial charge in [-0.15, -0.1) is 0 Å². The number of rotatable bonds is 8. The first-order valence-electron chi connectivity index (χ1n) is 7.62.